The number of hydrogen-bond donors (Lipinski definition) is 2. The second-order valence-electron chi connectivity index (χ2n) is 2.58. The van der Waals surface area contributed by atoms with E-state index in [1.54, 1.807) is 0 Å². The van der Waals surface area contributed by atoms with Crippen LogP contribution in [0.4, 0.5) is 0 Å². The summed E-state index contributed by atoms with van der Waals surface area (Å²) in [5.41, 5.74) is 0. The van der Waals surface area contributed by atoms with Crippen molar-refractivity contribution in [2.75, 3.05) is 20.3 Å². The third kappa shape index (κ3) is 7.03. The van der Waals surface area contributed by atoms with Gasteiger partial charge in [0.1, 0.15) is 0 Å². The monoisotopic (exact) mass is 225 g/mol. The van der Waals surface area contributed by atoms with Crippen LogP contribution in [0.2, 0.25) is 0 Å². The normalized spacial score (nSPS) is 14.8. The third-order valence-electron chi connectivity index (χ3n) is 1.39. The SMILES string of the molecule is CCCC(=O)NCCOP(=O)(O)OC. The Hall–Kier alpha value is -0.420. The zero-order valence-corrected chi connectivity index (χ0v) is 9.25. The number of phosphoric acid groups is 1. The van der Waals surface area contributed by atoms with Crippen LogP contribution in [0.5, 0.6) is 0 Å². The van der Waals surface area contributed by atoms with Crippen molar-refractivity contribution in [3.8, 4) is 0 Å². The highest BCUT2D eigenvalue weighted by Crippen LogP contribution is 2.41. The van der Waals surface area contributed by atoms with Gasteiger partial charge in [0.05, 0.1) is 6.61 Å². The molecule has 1 unspecified atom stereocenters. The molecule has 0 aliphatic rings. The Morgan fingerprint density at radius 3 is 2.71 bits per heavy atom. The van der Waals surface area contributed by atoms with Gasteiger partial charge in [-0.2, -0.15) is 0 Å². The lowest BCUT2D eigenvalue weighted by atomic mass is 10.3. The molecule has 1 atom stereocenters. The zero-order chi connectivity index (χ0) is 11.0. The quantitative estimate of drug-likeness (QED) is 0.491. The minimum atomic E-state index is -3.90. The molecule has 0 bridgehead atoms. The van der Waals surface area contributed by atoms with Crippen LogP contribution < -0.4 is 5.32 Å². The summed E-state index contributed by atoms with van der Waals surface area (Å²) < 4.78 is 19.4. The molecule has 0 saturated heterocycles. The van der Waals surface area contributed by atoms with Crippen LogP contribution in [0, 0.1) is 0 Å². The van der Waals surface area contributed by atoms with Gasteiger partial charge in [-0.05, 0) is 6.42 Å². The largest absolute Gasteiger partial charge is 0.471 e. The van der Waals surface area contributed by atoms with E-state index < -0.39 is 7.82 Å². The molecule has 0 fully saturated rings. The summed E-state index contributed by atoms with van der Waals surface area (Å²) in [5.74, 6) is -0.0960. The fraction of sp³-hybridized carbons (Fsp3) is 0.857. The van der Waals surface area contributed by atoms with Crippen molar-refractivity contribution < 1.29 is 23.3 Å². The van der Waals surface area contributed by atoms with Gasteiger partial charge in [-0.3, -0.25) is 13.8 Å². The molecule has 0 aliphatic carbocycles. The molecule has 1 amide bonds. The van der Waals surface area contributed by atoms with Gasteiger partial charge in [0.15, 0.2) is 0 Å². The standard InChI is InChI=1S/C7H16NO5P/c1-3-4-7(9)8-5-6-13-14(10,11)12-2/h3-6H2,1-2H3,(H,8,9)(H,10,11). The predicted molar refractivity (Wildman–Crippen MR) is 50.7 cm³/mol. The Morgan fingerprint density at radius 1 is 1.57 bits per heavy atom. The first-order valence-corrected chi connectivity index (χ1v) is 5.81. The Bertz CT molecular complexity index is 220. The fourth-order valence-electron chi connectivity index (χ4n) is 0.720. The maximum absolute atomic E-state index is 10.9. The van der Waals surface area contributed by atoms with Crippen molar-refractivity contribution in [2.24, 2.45) is 0 Å². The highest BCUT2D eigenvalue weighted by atomic mass is 31.2. The van der Waals surface area contributed by atoms with Crippen molar-refractivity contribution in [3.63, 3.8) is 0 Å². The van der Waals surface area contributed by atoms with Crippen LogP contribution >= 0.6 is 7.82 Å². The van der Waals surface area contributed by atoms with E-state index in [-0.39, 0.29) is 19.1 Å². The first-order chi connectivity index (χ1) is 6.52. The maximum Gasteiger partial charge on any atom is 0.471 e. The van der Waals surface area contributed by atoms with Gasteiger partial charge in [0.2, 0.25) is 5.91 Å². The first-order valence-electron chi connectivity index (χ1n) is 4.31. The predicted octanol–water partition coefficient (Wildman–Crippen LogP) is 0.666. The van der Waals surface area contributed by atoms with E-state index in [0.717, 1.165) is 13.5 Å². The van der Waals surface area contributed by atoms with Gasteiger partial charge in [-0.15, -0.1) is 0 Å². The highest BCUT2D eigenvalue weighted by Gasteiger charge is 2.17. The van der Waals surface area contributed by atoms with Gasteiger partial charge >= 0.3 is 7.82 Å². The van der Waals surface area contributed by atoms with Gasteiger partial charge in [0.25, 0.3) is 0 Å². The van der Waals surface area contributed by atoms with Crippen molar-refractivity contribution in [3.05, 3.63) is 0 Å². The lowest BCUT2D eigenvalue weighted by Crippen LogP contribution is -2.26. The van der Waals surface area contributed by atoms with Gasteiger partial charge in [-0.25, -0.2) is 4.57 Å². The van der Waals surface area contributed by atoms with Crippen LogP contribution in [0.3, 0.4) is 0 Å². The molecular weight excluding hydrogens is 209 g/mol. The number of phosphoric ester groups is 1. The summed E-state index contributed by atoms with van der Waals surface area (Å²) in [6.07, 6.45) is 1.21. The Balaban J connectivity index is 3.47. The molecule has 0 saturated carbocycles. The fourth-order valence-corrected chi connectivity index (χ4v) is 1.15. The highest BCUT2D eigenvalue weighted by molar-refractivity contribution is 7.47. The molecule has 84 valence electrons. The molecule has 7 heteroatoms. The van der Waals surface area contributed by atoms with E-state index >= 15 is 0 Å². The Kier molecular flexibility index (Phi) is 6.74. The van der Waals surface area contributed by atoms with Gasteiger partial charge in [0, 0.05) is 20.1 Å². The van der Waals surface area contributed by atoms with E-state index in [0.29, 0.717) is 6.42 Å². The van der Waals surface area contributed by atoms with E-state index in [1.165, 1.54) is 0 Å². The van der Waals surface area contributed by atoms with E-state index in [2.05, 4.69) is 14.4 Å². The third-order valence-corrected chi connectivity index (χ3v) is 2.36. The molecule has 14 heavy (non-hydrogen) atoms. The van der Waals surface area contributed by atoms with Crippen LogP contribution in [-0.2, 0) is 18.4 Å². The summed E-state index contributed by atoms with van der Waals surface area (Å²) >= 11 is 0. The van der Waals surface area contributed by atoms with Crippen molar-refractivity contribution in [1.29, 1.82) is 0 Å². The van der Waals surface area contributed by atoms with E-state index in [4.69, 9.17) is 4.89 Å². The summed E-state index contributed by atoms with van der Waals surface area (Å²) in [4.78, 5) is 19.7. The van der Waals surface area contributed by atoms with Crippen molar-refractivity contribution in [2.45, 2.75) is 19.8 Å². The summed E-state index contributed by atoms with van der Waals surface area (Å²) in [5, 5.41) is 2.53. The van der Waals surface area contributed by atoms with Crippen LogP contribution in [0.25, 0.3) is 0 Å². The molecular formula is C7H16NO5P. The van der Waals surface area contributed by atoms with E-state index in [1.807, 2.05) is 6.92 Å². The molecule has 0 rings (SSSR count). The average Bonchev–Trinajstić information content (AvgIpc) is 2.13. The van der Waals surface area contributed by atoms with Crippen LogP contribution in [0.1, 0.15) is 19.8 Å². The molecule has 0 aromatic heterocycles. The smallest absolute Gasteiger partial charge is 0.354 e. The maximum atomic E-state index is 10.9. The minimum absolute atomic E-state index is 0.0446. The number of hydrogen-bond acceptors (Lipinski definition) is 4. The number of amides is 1. The summed E-state index contributed by atoms with van der Waals surface area (Å²) in [6.45, 7) is 2.05. The molecule has 6 nitrogen and oxygen atoms in total. The molecule has 0 heterocycles. The molecule has 0 radical (unpaired) electrons. The van der Waals surface area contributed by atoms with Crippen molar-refractivity contribution in [1.82, 2.24) is 5.32 Å². The molecule has 0 spiro atoms. The number of carbonyl (C=O) groups excluding carboxylic acids is 1. The number of carbonyl (C=O) groups is 1. The van der Waals surface area contributed by atoms with E-state index in [9.17, 15) is 9.36 Å². The number of nitrogens with one attached hydrogen (secondary N) is 1. The first kappa shape index (κ1) is 13.6. The molecule has 0 aromatic carbocycles. The van der Waals surface area contributed by atoms with Gasteiger partial charge in [-0.1, -0.05) is 6.92 Å². The van der Waals surface area contributed by atoms with Crippen LogP contribution in [-0.4, -0.2) is 31.1 Å². The Labute approximate surface area is 83.2 Å². The second kappa shape index (κ2) is 6.95. The van der Waals surface area contributed by atoms with Crippen LogP contribution in [0.15, 0.2) is 0 Å². The zero-order valence-electron chi connectivity index (χ0n) is 8.36. The summed E-state index contributed by atoms with van der Waals surface area (Å²) in [6, 6.07) is 0. The van der Waals surface area contributed by atoms with Gasteiger partial charge < -0.3 is 10.2 Å². The molecule has 0 aromatic rings. The Morgan fingerprint density at radius 2 is 2.21 bits per heavy atom. The molecule has 2 N–H and O–H groups in total. The molecule has 0 aliphatic heterocycles. The lowest BCUT2D eigenvalue weighted by molar-refractivity contribution is -0.121. The lowest BCUT2D eigenvalue weighted by Gasteiger charge is -2.09. The second-order valence-corrected chi connectivity index (χ2v) is 4.14. The average molecular weight is 225 g/mol. The minimum Gasteiger partial charge on any atom is -0.354 e. The number of rotatable bonds is 7. The van der Waals surface area contributed by atoms with Crippen molar-refractivity contribution >= 4 is 13.7 Å². The summed E-state index contributed by atoms with van der Waals surface area (Å²) in [7, 11) is -2.82. The topological polar surface area (TPSA) is 84.9 Å².